The van der Waals surface area contributed by atoms with Gasteiger partial charge >= 0.3 is 0 Å². The molecule has 2 nitrogen and oxygen atoms in total. The zero-order valence-corrected chi connectivity index (χ0v) is 11.0. The van der Waals surface area contributed by atoms with Crippen LogP contribution in [0.3, 0.4) is 0 Å². The summed E-state index contributed by atoms with van der Waals surface area (Å²) < 4.78 is 0. The number of alkyl halides is 1. The van der Waals surface area contributed by atoms with Gasteiger partial charge in [-0.15, -0.1) is 11.6 Å². The van der Waals surface area contributed by atoms with Crippen LogP contribution in [0.4, 0.5) is 0 Å². The van der Waals surface area contributed by atoms with Gasteiger partial charge in [-0.2, -0.15) is 0 Å². The maximum absolute atomic E-state index is 12.0. The lowest BCUT2D eigenvalue weighted by atomic mass is 9.94. The summed E-state index contributed by atoms with van der Waals surface area (Å²) in [6.45, 7) is 0. The van der Waals surface area contributed by atoms with Crippen LogP contribution in [0, 0.1) is 0 Å². The van der Waals surface area contributed by atoms with E-state index < -0.39 is 0 Å². The highest BCUT2D eigenvalue weighted by Crippen LogP contribution is 2.23. The first-order valence-corrected chi connectivity index (χ1v) is 6.69. The van der Waals surface area contributed by atoms with Crippen LogP contribution in [0.1, 0.15) is 36.0 Å². The van der Waals surface area contributed by atoms with Crippen LogP contribution < -0.4 is 5.32 Å². The van der Waals surface area contributed by atoms with Crippen LogP contribution in [0.25, 0.3) is 0 Å². The van der Waals surface area contributed by atoms with Gasteiger partial charge in [0.1, 0.15) is 0 Å². The SMILES string of the molecule is O=C(NC1CCCCC1Cl)c1ccc(Cl)cc1. The van der Waals surface area contributed by atoms with E-state index in [9.17, 15) is 4.79 Å². The predicted octanol–water partition coefficient (Wildman–Crippen LogP) is 3.62. The molecule has 1 fully saturated rings. The second kappa shape index (κ2) is 5.74. The summed E-state index contributed by atoms with van der Waals surface area (Å²) >= 11 is 12.0. The molecule has 17 heavy (non-hydrogen) atoms. The van der Waals surface area contributed by atoms with Crippen molar-refractivity contribution in [2.24, 2.45) is 0 Å². The molecule has 0 heterocycles. The summed E-state index contributed by atoms with van der Waals surface area (Å²) in [5.74, 6) is -0.0702. The van der Waals surface area contributed by atoms with Gasteiger partial charge in [-0.25, -0.2) is 0 Å². The molecule has 0 saturated heterocycles. The second-order valence-electron chi connectivity index (χ2n) is 4.39. The van der Waals surface area contributed by atoms with Crippen molar-refractivity contribution in [3.05, 3.63) is 34.9 Å². The summed E-state index contributed by atoms with van der Waals surface area (Å²) in [4.78, 5) is 12.0. The number of amides is 1. The second-order valence-corrected chi connectivity index (χ2v) is 5.38. The third-order valence-corrected chi connectivity index (χ3v) is 3.88. The Kier molecular flexibility index (Phi) is 4.30. The highest BCUT2D eigenvalue weighted by Gasteiger charge is 2.24. The Labute approximate surface area is 111 Å². The molecule has 1 saturated carbocycles. The van der Waals surface area contributed by atoms with Gasteiger partial charge in [-0.3, -0.25) is 4.79 Å². The van der Waals surface area contributed by atoms with Crippen LogP contribution in [0.15, 0.2) is 24.3 Å². The molecule has 0 spiro atoms. The van der Waals surface area contributed by atoms with Crippen LogP contribution >= 0.6 is 23.2 Å². The van der Waals surface area contributed by atoms with E-state index in [2.05, 4.69) is 5.32 Å². The van der Waals surface area contributed by atoms with E-state index in [1.54, 1.807) is 24.3 Å². The van der Waals surface area contributed by atoms with E-state index >= 15 is 0 Å². The van der Waals surface area contributed by atoms with Gasteiger partial charge in [0.05, 0.1) is 5.38 Å². The Morgan fingerprint density at radius 1 is 1.18 bits per heavy atom. The third-order valence-electron chi connectivity index (χ3n) is 3.10. The number of carbonyl (C=O) groups excluding carboxylic acids is 1. The average Bonchev–Trinajstić information content (AvgIpc) is 2.33. The van der Waals surface area contributed by atoms with Gasteiger partial charge in [0, 0.05) is 16.6 Å². The highest BCUT2D eigenvalue weighted by atomic mass is 35.5. The highest BCUT2D eigenvalue weighted by molar-refractivity contribution is 6.30. The van der Waals surface area contributed by atoms with Crippen LogP contribution in [0.2, 0.25) is 5.02 Å². The van der Waals surface area contributed by atoms with Crippen LogP contribution in [-0.2, 0) is 0 Å². The van der Waals surface area contributed by atoms with Crippen molar-refractivity contribution >= 4 is 29.1 Å². The largest absolute Gasteiger partial charge is 0.348 e. The monoisotopic (exact) mass is 271 g/mol. The maximum atomic E-state index is 12.0. The molecule has 1 aliphatic rings. The van der Waals surface area contributed by atoms with Gasteiger partial charge in [-0.05, 0) is 37.1 Å². The molecular weight excluding hydrogens is 257 g/mol. The van der Waals surface area contributed by atoms with Crippen LogP contribution in [0.5, 0.6) is 0 Å². The molecule has 1 aromatic rings. The first-order chi connectivity index (χ1) is 8.16. The fourth-order valence-corrected chi connectivity index (χ4v) is 2.57. The number of benzene rings is 1. The van der Waals surface area contributed by atoms with Crippen molar-refractivity contribution < 1.29 is 4.79 Å². The van der Waals surface area contributed by atoms with Crippen molar-refractivity contribution in [2.45, 2.75) is 37.1 Å². The third kappa shape index (κ3) is 3.36. The number of hydrogen-bond donors (Lipinski definition) is 1. The van der Waals surface area contributed by atoms with Crippen molar-refractivity contribution in [1.29, 1.82) is 0 Å². The van der Waals surface area contributed by atoms with Crippen molar-refractivity contribution in [3.8, 4) is 0 Å². The van der Waals surface area contributed by atoms with E-state index in [0.717, 1.165) is 25.7 Å². The van der Waals surface area contributed by atoms with E-state index in [1.165, 1.54) is 0 Å². The quantitative estimate of drug-likeness (QED) is 0.818. The Hall–Kier alpha value is -0.730. The smallest absolute Gasteiger partial charge is 0.251 e. The van der Waals surface area contributed by atoms with Crippen molar-refractivity contribution in [2.75, 3.05) is 0 Å². The van der Waals surface area contributed by atoms with E-state index in [-0.39, 0.29) is 17.3 Å². The first kappa shape index (κ1) is 12.7. The topological polar surface area (TPSA) is 29.1 Å². The number of carbonyl (C=O) groups is 1. The van der Waals surface area contributed by atoms with Crippen molar-refractivity contribution in [3.63, 3.8) is 0 Å². The zero-order valence-electron chi connectivity index (χ0n) is 9.46. The number of rotatable bonds is 2. The molecule has 0 aliphatic heterocycles. The Bertz CT molecular complexity index is 391. The summed E-state index contributed by atoms with van der Waals surface area (Å²) in [7, 11) is 0. The summed E-state index contributed by atoms with van der Waals surface area (Å²) in [6.07, 6.45) is 4.23. The first-order valence-electron chi connectivity index (χ1n) is 5.87. The molecule has 0 bridgehead atoms. The van der Waals surface area contributed by atoms with E-state index in [1.807, 2.05) is 0 Å². The summed E-state index contributed by atoms with van der Waals surface area (Å²) in [5, 5.41) is 3.68. The molecule has 0 aromatic heterocycles. The summed E-state index contributed by atoms with van der Waals surface area (Å²) in [5.41, 5.74) is 0.629. The van der Waals surface area contributed by atoms with Gasteiger partial charge in [0.2, 0.25) is 0 Å². The lowest BCUT2D eigenvalue weighted by Gasteiger charge is -2.27. The Morgan fingerprint density at radius 3 is 2.47 bits per heavy atom. The number of hydrogen-bond acceptors (Lipinski definition) is 1. The minimum absolute atomic E-state index is 0.0556. The summed E-state index contributed by atoms with van der Waals surface area (Å²) in [6, 6.07) is 6.98. The average molecular weight is 272 g/mol. The van der Waals surface area contributed by atoms with E-state index in [4.69, 9.17) is 23.2 Å². The minimum atomic E-state index is -0.0702. The van der Waals surface area contributed by atoms with Crippen molar-refractivity contribution in [1.82, 2.24) is 5.32 Å². The van der Waals surface area contributed by atoms with Gasteiger partial charge in [-0.1, -0.05) is 24.4 Å². The van der Waals surface area contributed by atoms with Gasteiger partial charge < -0.3 is 5.32 Å². The fourth-order valence-electron chi connectivity index (χ4n) is 2.10. The molecule has 4 heteroatoms. The van der Waals surface area contributed by atoms with Crippen LogP contribution in [-0.4, -0.2) is 17.3 Å². The fraction of sp³-hybridized carbons (Fsp3) is 0.462. The molecule has 1 aliphatic carbocycles. The lowest BCUT2D eigenvalue weighted by molar-refractivity contribution is 0.0928. The standard InChI is InChI=1S/C13H15Cl2NO/c14-10-7-5-9(6-8-10)13(17)16-12-4-2-1-3-11(12)15/h5-8,11-12H,1-4H2,(H,16,17). The predicted molar refractivity (Wildman–Crippen MR) is 70.8 cm³/mol. The minimum Gasteiger partial charge on any atom is -0.348 e. The Morgan fingerprint density at radius 2 is 1.82 bits per heavy atom. The normalized spacial score (nSPS) is 24.4. The number of halogens is 2. The maximum Gasteiger partial charge on any atom is 0.251 e. The van der Waals surface area contributed by atoms with E-state index in [0.29, 0.717) is 10.6 Å². The van der Waals surface area contributed by atoms with Gasteiger partial charge in [0.25, 0.3) is 5.91 Å². The number of nitrogens with one attached hydrogen (secondary N) is 1. The Balaban J connectivity index is 1.98. The zero-order chi connectivity index (χ0) is 12.3. The molecule has 2 atom stereocenters. The molecule has 92 valence electrons. The molecule has 1 aromatic carbocycles. The molecular formula is C13H15Cl2NO. The molecule has 1 N–H and O–H groups in total. The van der Waals surface area contributed by atoms with Gasteiger partial charge in [0.15, 0.2) is 0 Å². The molecule has 1 amide bonds. The lowest BCUT2D eigenvalue weighted by Crippen LogP contribution is -2.42. The molecule has 2 rings (SSSR count). The molecule has 0 radical (unpaired) electrons. The molecule has 2 unspecified atom stereocenters.